The quantitative estimate of drug-likeness (QED) is 0.660. The van der Waals surface area contributed by atoms with Crippen LogP contribution in [0.2, 0.25) is 0 Å². The molecule has 0 radical (unpaired) electrons. The van der Waals surface area contributed by atoms with E-state index < -0.39 is 0 Å². The minimum atomic E-state index is 0.513. The molecule has 0 saturated carbocycles. The van der Waals surface area contributed by atoms with Crippen LogP contribution in [0.15, 0.2) is 6.07 Å². The van der Waals surface area contributed by atoms with Crippen LogP contribution in [0.1, 0.15) is 37.6 Å². The van der Waals surface area contributed by atoms with Crippen molar-refractivity contribution in [1.82, 2.24) is 9.78 Å². The van der Waals surface area contributed by atoms with Crippen molar-refractivity contribution >= 4 is 0 Å². The molecule has 2 rings (SSSR count). The Hall–Kier alpha value is -0.830. The fourth-order valence-corrected chi connectivity index (χ4v) is 1.56. The Labute approximate surface area is 78.7 Å². The molecule has 13 heavy (non-hydrogen) atoms. The smallest absolute Gasteiger partial charge is 0.0884 e. The summed E-state index contributed by atoms with van der Waals surface area (Å²) in [6.07, 6.45) is 1.08. The Morgan fingerprint density at radius 2 is 2.38 bits per heavy atom. The lowest BCUT2D eigenvalue weighted by molar-refractivity contribution is 0.125. The fourth-order valence-electron chi connectivity index (χ4n) is 1.56. The van der Waals surface area contributed by atoms with Crippen LogP contribution in [0, 0.1) is 0 Å². The van der Waals surface area contributed by atoms with E-state index in [1.807, 2.05) is 0 Å². The summed E-state index contributed by atoms with van der Waals surface area (Å²) in [5.74, 6) is 0.513. The number of hydrogen-bond acceptors (Lipinski definition) is 2. The highest BCUT2D eigenvalue weighted by Gasteiger charge is 2.12. The number of hydrogen-bond donors (Lipinski definition) is 0. The molecule has 0 atom stereocenters. The first-order valence-electron chi connectivity index (χ1n) is 4.92. The first-order chi connectivity index (χ1) is 6.27. The van der Waals surface area contributed by atoms with E-state index in [9.17, 15) is 0 Å². The summed E-state index contributed by atoms with van der Waals surface area (Å²) in [5.41, 5.74) is 2.40. The summed E-state index contributed by atoms with van der Waals surface area (Å²) < 4.78 is 7.54. The molecule has 0 aromatic carbocycles. The summed E-state index contributed by atoms with van der Waals surface area (Å²) in [4.78, 5) is 0. The van der Waals surface area contributed by atoms with Gasteiger partial charge in [0.2, 0.25) is 0 Å². The van der Waals surface area contributed by atoms with Gasteiger partial charge in [0.25, 0.3) is 0 Å². The van der Waals surface area contributed by atoms with E-state index in [1.54, 1.807) is 0 Å². The number of ether oxygens (including phenoxy) is 1. The summed E-state index contributed by atoms with van der Waals surface area (Å²) in [6.45, 7) is 6.92. The highest BCUT2D eigenvalue weighted by Crippen LogP contribution is 2.17. The van der Waals surface area contributed by atoms with Gasteiger partial charge in [0.05, 0.1) is 18.0 Å². The maximum absolute atomic E-state index is 5.45. The minimum absolute atomic E-state index is 0.513. The fraction of sp³-hybridized carbons (Fsp3) is 0.700. The van der Waals surface area contributed by atoms with E-state index in [1.165, 1.54) is 11.4 Å². The first kappa shape index (κ1) is 8.75. The van der Waals surface area contributed by atoms with Gasteiger partial charge in [-0.3, -0.25) is 4.68 Å². The van der Waals surface area contributed by atoms with Crippen LogP contribution in [-0.4, -0.2) is 16.4 Å². The van der Waals surface area contributed by atoms with Crippen LogP contribution in [0.4, 0.5) is 0 Å². The predicted molar refractivity (Wildman–Crippen MR) is 50.6 cm³/mol. The summed E-state index contributed by atoms with van der Waals surface area (Å²) in [5, 5.41) is 4.55. The molecule has 0 unspecified atom stereocenters. The average molecular weight is 180 g/mol. The van der Waals surface area contributed by atoms with Crippen LogP contribution in [0.3, 0.4) is 0 Å². The molecule has 0 fully saturated rings. The highest BCUT2D eigenvalue weighted by molar-refractivity contribution is 5.13. The first-order valence-corrected chi connectivity index (χ1v) is 4.92. The van der Waals surface area contributed by atoms with Crippen LogP contribution < -0.4 is 0 Å². The van der Waals surface area contributed by atoms with Crippen LogP contribution >= 0.6 is 0 Å². The van der Waals surface area contributed by atoms with E-state index >= 15 is 0 Å². The van der Waals surface area contributed by atoms with E-state index in [-0.39, 0.29) is 0 Å². The largest absolute Gasteiger partial charge is 0.375 e. The molecule has 0 spiro atoms. The maximum atomic E-state index is 5.45. The maximum Gasteiger partial charge on any atom is 0.0884 e. The Bertz CT molecular complexity index is 268. The number of rotatable bonds is 1. The van der Waals surface area contributed by atoms with Gasteiger partial charge in [0, 0.05) is 13.2 Å². The van der Waals surface area contributed by atoms with Crippen LogP contribution in [0.5, 0.6) is 0 Å². The van der Waals surface area contributed by atoms with Crippen molar-refractivity contribution in [2.75, 3.05) is 6.61 Å². The molecule has 0 bridgehead atoms. The normalized spacial score (nSPS) is 17.2. The molecular formula is C10H16N2O. The van der Waals surface area contributed by atoms with Gasteiger partial charge in [-0.15, -0.1) is 0 Å². The van der Waals surface area contributed by atoms with Crippen molar-refractivity contribution in [3.63, 3.8) is 0 Å². The summed E-state index contributed by atoms with van der Waals surface area (Å²) >= 11 is 0. The lowest BCUT2D eigenvalue weighted by Crippen LogP contribution is -2.02. The molecule has 3 heteroatoms. The van der Waals surface area contributed by atoms with E-state index in [2.05, 4.69) is 29.7 Å². The van der Waals surface area contributed by atoms with Crippen molar-refractivity contribution in [3.8, 4) is 0 Å². The molecule has 1 aromatic heterocycles. The lowest BCUT2D eigenvalue weighted by Gasteiger charge is -1.99. The highest BCUT2D eigenvalue weighted by atomic mass is 16.5. The van der Waals surface area contributed by atoms with E-state index in [0.29, 0.717) is 5.92 Å². The van der Waals surface area contributed by atoms with Gasteiger partial charge in [-0.25, -0.2) is 0 Å². The summed E-state index contributed by atoms with van der Waals surface area (Å²) in [6, 6.07) is 2.16. The van der Waals surface area contributed by atoms with E-state index in [0.717, 1.165) is 26.2 Å². The second-order valence-corrected chi connectivity index (χ2v) is 3.84. The molecule has 0 N–H and O–H groups in total. The Kier molecular flexibility index (Phi) is 2.36. The van der Waals surface area contributed by atoms with Gasteiger partial charge >= 0.3 is 0 Å². The monoisotopic (exact) mass is 180 g/mol. The number of nitrogens with zero attached hydrogens (tertiary/aromatic N) is 2. The van der Waals surface area contributed by atoms with Gasteiger partial charge in [-0.05, 0) is 18.4 Å². The topological polar surface area (TPSA) is 27.1 Å². The zero-order valence-electron chi connectivity index (χ0n) is 8.29. The molecule has 0 aliphatic carbocycles. The molecule has 3 nitrogen and oxygen atoms in total. The lowest BCUT2D eigenvalue weighted by atomic mass is 10.1. The van der Waals surface area contributed by atoms with Gasteiger partial charge in [0.15, 0.2) is 0 Å². The van der Waals surface area contributed by atoms with Crippen LogP contribution in [-0.2, 0) is 17.9 Å². The Morgan fingerprint density at radius 3 is 3.15 bits per heavy atom. The van der Waals surface area contributed by atoms with Gasteiger partial charge < -0.3 is 4.74 Å². The second kappa shape index (κ2) is 3.50. The third kappa shape index (κ3) is 1.75. The number of aromatic nitrogens is 2. The van der Waals surface area contributed by atoms with Crippen molar-refractivity contribution in [3.05, 3.63) is 17.5 Å². The van der Waals surface area contributed by atoms with Gasteiger partial charge in [0.1, 0.15) is 0 Å². The van der Waals surface area contributed by atoms with Crippen molar-refractivity contribution < 1.29 is 4.74 Å². The number of fused-ring (bicyclic) bond motifs is 1. The average Bonchev–Trinajstić information content (AvgIpc) is 2.38. The number of aryl methyl sites for hydroxylation is 1. The zero-order chi connectivity index (χ0) is 9.26. The third-order valence-corrected chi connectivity index (χ3v) is 2.38. The second-order valence-electron chi connectivity index (χ2n) is 3.84. The molecule has 1 aliphatic rings. The van der Waals surface area contributed by atoms with Crippen molar-refractivity contribution in [1.29, 1.82) is 0 Å². The minimum Gasteiger partial charge on any atom is -0.375 e. The standard InChI is InChI=1S/C10H16N2O/c1-8(2)10-6-9-7-13-5-3-4-12(9)11-10/h6,8H,3-5,7H2,1-2H3. The van der Waals surface area contributed by atoms with Gasteiger partial charge in [-0.1, -0.05) is 13.8 Å². The molecule has 1 aliphatic heterocycles. The molecule has 2 heterocycles. The molecule has 0 amide bonds. The zero-order valence-corrected chi connectivity index (χ0v) is 8.29. The van der Waals surface area contributed by atoms with Crippen molar-refractivity contribution in [2.24, 2.45) is 0 Å². The molecular weight excluding hydrogens is 164 g/mol. The SMILES string of the molecule is CC(C)c1cc2n(n1)CCCOC2. The predicted octanol–water partition coefficient (Wildman–Crippen LogP) is 1.93. The molecule has 0 saturated heterocycles. The third-order valence-electron chi connectivity index (χ3n) is 2.38. The Morgan fingerprint density at radius 1 is 1.54 bits per heavy atom. The molecule has 72 valence electrons. The summed E-state index contributed by atoms with van der Waals surface area (Å²) in [7, 11) is 0. The van der Waals surface area contributed by atoms with Crippen molar-refractivity contribution in [2.45, 2.75) is 39.3 Å². The van der Waals surface area contributed by atoms with E-state index in [4.69, 9.17) is 4.74 Å². The molecule has 1 aromatic rings. The van der Waals surface area contributed by atoms with Gasteiger partial charge in [-0.2, -0.15) is 5.10 Å². The van der Waals surface area contributed by atoms with Crippen LogP contribution in [0.25, 0.3) is 0 Å². The Balaban J connectivity index is 2.27.